The quantitative estimate of drug-likeness (QED) is 0.899. The van der Waals surface area contributed by atoms with Crippen LogP contribution in [0.5, 0.6) is 5.75 Å². The van der Waals surface area contributed by atoms with Crippen molar-refractivity contribution in [3.63, 3.8) is 0 Å². The van der Waals surface area contributed by atoms with Crippen LogP contribution in [-0.4, -0.2) is 22.7 Å². The molecule has 1 aromatic heterocycles. The van der Waals surface area contributed by atoms with Crippen molar-refractivity contribution in [3.05, 3.63) is 36.5 Å². The van der Waals surface area contributed by atoms with Crippen LogP contribution in [0, 0.1) is 5.41 Å². The topological polar surface area (TPSA) is 59.4 Å². The lowest BCUT2D eigenvalue weighted by atomic mass is 9.95. The standard InChI is InChI=1S/C14H15NO3/c1-14(2,13(16)17)9-18-12-7-3-6-11-10(12)5-4-8-15-11/h3-8H,9H2,1-2H3,(H,16,17). The van der Waals surface area contributed by atoms with Crippen molar-refractivity contribution >= 4 is 16.9 Å². The first-order chi connectivity index (χ1) is 8.50. The number of carboxylic acid groups (broad SMARTS) is 1. The zero-order chi connectivity index (χ0) is 13.2. The van der Waals surface area contributed by atoms with E-state index >= 15 is 0 Å². The number of ether oxygens (including phenoxy) is 1. The molecule has 0 spiro atoms. The molecule has 0 atom stereocenters. The van der Waals surface area contributed by atoms with Crippen LogP contribution in [-0.2, 0) is 4.79 Å². The molecule has 0 aliphatic carbocycles. The smallest absolute Gasteiger partial charge is 0.312 e. The van der Waals surface area contributed by atoms with Crippen LogP contribution in [0.15, 0.2) is 36.5 Å². The number of aromatic nitrogens is 1. The molecule has 1 aromatic carbocycles. The Balaban J connectivity index is 2.25. The Bertz CT molecular complexity index is 573. The number of hydrogen-bond acceptors (Lipinski definition) is 3. The van der Waals surface area contributed by atoms with Gasteiger partial charge in [0.2, 0.25) is 0 Å². The first kappa shape index (κ1) is 12.4. The molecular weight excluding hydrogens is 230 g/mol. The van der Waals surface area contributed by atoms with E-state index in [-0.39, 0.29) is 6.61 Å². The van der Waals surface area contributed by atoms with Crippen molar-refractivity contribution in [2.45, 2.75) is 13.8 Å². The molecule has 4 heteroatoms. The second-order valence-electron chi connectivity index (χ2n) is 4.80. The van der Waals surface area contributed by atoms with Crippen molar-refractivity contribution in [1.29, 1.82) is 0 Å². The summed E-state index contributed by atoms with van der Waals surface area (Å²) in [7, 11) is 0. The van der Waals surface area contributed by atoms with Gasteiger partial charge in [-0.15, -0.1) is 0 Å². The molecule has 2 aromatic rings. The summed E-state index contributed by atoms with van der Waals surface area (Å²) in [5, 5.41) is 9.93. The highest BCUT2D eigenvalue weighted by Crippen LogP contribution is 2.26. The van der Waals surface area contributed by atoms with Gasteiger partial charge >= 0.3 is 5.97 Å². The number of fused-ring (bicyclic) bond motifs is 1. The molecule has 1 heterocycles. The summed E-state index contributed by atoms with van der Waals surface area (Å²) in [6, 6.07) is 9.30. The maximum absolute atomic E-state index is 11.0. The molecule has 2 rings (SSSR count). The largest absolute Gasteiger partial charge is 0.492 e. The number of aliphatic carboxylic acids is 1. The van der Waals surface area contributed by atoms with Crippen molar-refractivity contribution in [1.82, 2.24) is 4.98 Å². The van der Waals surface area contributed by atoms with Crippen LogP contribution in [0.25, 0.3) is 10.9 Å². The van der Waals surface area contributed by atoms with Gasteiger partial charge in [0.15, 0.2) is 0 Å². The minimum atomic E-state index is -0.912. The number of carboxylic acids is 1. The van der Waals surface area contributed by atoms with Crippen LogP contribution in [0.1, 0.15) is 13.8 Å². The molecule has 0 saturated heterocycles. The molecule has 4 nitrogen and oxygen atoms in total. The van der Waals surface area contributed by atoms with Crippen molar-refractivity contribution in [2.24, 2.45) is 5.41 Å². The molecule has 0 amide bonds. The molecule has 0 unspecified atom stereocenters. The molecule has 18 heavy (non-hydrogen) atoms. The van der Waals surface area contributed by atoms with Crippen molar-refractivity contribution < 1.29 is 14.6 Å². The van der Waals surface area contributed by atoms with Gasteiger partial charge < -0.3 is 9.84 Å². The van der Waals surface area contributed by atoms with Crippen LogP contribution >= 0.6 is 0 Å². The molecule has 0 saturated carbocycles. The minimum Gasteiger partial charge on any atom is -0.492 e. The van der Waals surface area contributed by atoms with Gasteiger partial charge in [-0.1, -0.05) is 6.07 Å². The summed E-state index contributed by atoms with van der Waals surface area (Å²) in [5.41, 5.74) is -0.0761. The van der Waals surface area contributed by atoms with E-state index in [1.165, 1.54) is 0 Å². The lowest BCUT2D eigenvalue weighted by Gasteiger charge is -2.20. The van der Waals surface area contributed by atoms with Gasteiger partial charge in [-0.25, -0.2) is 0 Å². The lowest BCUT2D eigenvalue weighted by molar-refractivity contribution is -0.148. The van der Waals surface area contributed by atoms with Crippen LogP contribution in [0.3, 0.4) is 0 Å². The maximum Gasteiger partial charge on any atom is 0.312 e. The molecule has 0 aliphatic heterocycles. The number of rotatable bonds is 4. The number of benzene rings is 1. The van der Waals surface area contributed by atoms with Gasteiger partial charge in [-0.2, -0.15) is 0 Å². The minimum absolute atomic E-state index is 0.121. The third kappa shape index (κ3) is 2.42. The second-order valence-corrected chi connectivity index (χ2v) is 4.80. The summed E-state index contributed by atoms with van der Waals surface area (Å²) in [6.45, 7) is 3.40. The van der Waals surface area contributed by atoms with E-state index < -0.39 is 11.4 Å². The molecule has 94 valence electrons. The fraction of sp³-hybridized carbons (Fsp3) is 0.286. The first-order valence-electron chi connectivity index (χ1n) is 5.71. The average molecular weight is 245 g/mol. The van der Waals surface area contributed by atoms with Crippen LogP contribution < -0.4 is 4.74 Å². The molecular formula is C14H15NO3. The van der Waals surface area contributed by atoms with Crippen molar-refractivity contribution in [2.75, 3.05) is 6.61 Å². The number of nitrogens with zero attached hydrogens (tertiary/aromatic N) is 1. The summed E-state index contributed by atoms with van der Waals surface area (Å²) in [6.07, 6.45) is 1.72. The Morgan fingerprint density at radius 3 is 2.83 bits per heavy atom. The molecule has 0 bridgehead atoms. The second kappa shape index (κ2) is 4.64. The van der Waals surface area contributed by atoms with Gasteiger partial charge in [0.1, 0.15) is 12.4 Å². The van der Waals surface area contributed by atoms with Gasteiger partial charge in [0.25, 0.3) is 0 Å². The summed E-state index contributed by atoms with van der Waals surface area (Å²) in [4.78, 5) is 15.2. The van der Waals surface area contributed by atoms with E-state index in [1.54, 1.807) is 20.0 Å². The third-order valence-corrected chi connectivity index (χ3v) is 2.77. The Labute approximate surface area is 105 Å². The van der Waals surface area contributed by atoms with Gasteiger partial charge in [-0.05, 0) is 38.1 Å². The van der Waals surface area contributed by atoms with E-state index in [4.69, 9.17) is 9.84 Å². The molecule has 1 N–H and O–H groups in total. The van der Waals surface area contributed by atoms with Gasteiger partial charge in [-0.3, -0.25) is 9.78 Å². The monoisotopic (exact) mass is 245 g/mol. The zero-order valence-corrected chi connectivity index (χ0v) is 10.4. The number of pyridine rings is 1. The van der Waals surface area contributed by atoms with E-state index in [9.17, 15) is 4.79 Å². The lowest BCUT2D eigenvalue weighted by Crippen LogP contribution is -2.30. The average Bonchev–Trinajstić information content (AvgIpc) is 2.36. The normalized spacial score (nSPS) is 11.4. The Morgan fingerprint density at radius 1 is 1.33 bits per heavy atom. The molecule has 0 radical (unpaired) electrons. The van der Waals surface area contributed by atoms with Crippen LogP contribution in [0.4, 0.5) is 0 Å². The van der Waals surface area contributed by atoms with E-state index in [0.717, 1.165) is 10.9 Å². The van der Waals surface area contributed by atoms with Gasteiger partial charge in [0, 0.05) is 11.6 Å². The number of hydrogen-bond donors (Lipinski definition) is 1. The van der Waals surface area contributed by atoms with Crippen LogP contribution in [0.2, 0.25) is 0 Å². The zero-order valence-electron chi connectivity index (χ0n) is 10.4. The third-order valence-electron chi connectivity index (χ3n) is 2.77. The van der Waals surface area contributed by atoms with E-state index in [1.807, 2.05) is 30.3 Å². The fourth-order valence-corrected chi connectivity index (χ4v) is 1.52. The summed E-state index contributed by atoms with van der Waals surface area (Å²) >= 11 is 0. The summed E-state index contributed by atoms with van der Waals surface area (Å²) in [5.74, 6) is -0.212. The fourth-order valence-electron chi connectivity index (χ4n) is 1.52. The highest BCUT2D eigenvalue weighted by molar-refractivity contribution is 5.84. The highest BCUT2D eigenvalue weighted by Gasteiger charge is 2.28. The van der Waals surface area contributed by atoms with E-state index in [0.29, 0.717) is 5.75 Å². The SMILES string of the molecule is CC(C)(COc1cccc2ncccc12)C(=O)O. The predicted octanol–water partition coefficient (Wildman–Crippen LogP) is 2.72. The summed E-state index contributed by atoms with van der Waals surface area (Å²) < 4.78 is 5.62. The predicted molar refractivity (Wildman–Crippen MR) is 68.7 cm³/mol. The van der Waals surface area contributed by atoms with E-state index in [2.05, 4.69) is 4.98 Å². The first-order valence-corrected chi connectivity index (χ1v) is 5.71. The highest BCUT2D eigenvalue weighted by atomic mass is 16.5. The van der Waals surface area contributed by atoms with Crippen molar-refractivity contribution in [3.8, 4) is 5.75 Å². The number of carbonyl (C=O) groups is 1. The Hall–Kier alpha value is -2.10. The molecule has 0 aliphatic rings. The Morgan fingerprint density at radius 2 is 2.11 bits per heavy atom. The Kier molecular flexibility index (Phi) is 3.19. The maximum atomic E-state index is 11.0. The van der Waals surface area contributed by atoms with Gasteiger partial charge in [0.05, 0.1) is 10.9 Å². The molecule has 0 fully saturated rings.